The number of ether oxygens (including phenoxy) is 1. The maximum absolute atomic E-state index is 14.8. The highest BCUT2D eigenvalue weighted by atomic mass is 19.4. The SMILES string of the molecule is COCCn1cc(C(=O)N2CCC(c3cc(CNC(=O)C(F)(F)F)ccc3F)CC2)c2c(C(=O)N3CCCC3)cccc21. The standard InChI is InChI=1S/C31H34F4N4O4/c1-43-16-15-39-19-24(27-22(5-4-6-26(27)39)28(40)37-11-2-3-12-37)29(41)38-13-9-21(10-14-38)23-17-20(7-8-25(23)32)18-36-30(42)31(33,34)35/h4-8,17,19,21H,2-3,9-16,18H2,1H3,(H,36,42). The van der Waals surface area contributed by atoms with Gasteiger partial charge >= 0.3 is 12.1 Å². The van der Waals surface area contributed by atoms with Crippen LogP contribution in [-0.2, 0) is 22.6 Å². The first kappa shape index (κ1) is 30.5. The minimum Gasteiger partial charge on any atom is -0.383 e. The highest BCUT2D eigenvalue weighted by Crippen LogP contribution is 2.33. The quantitative estimate of drug-likeness (QED) is 0.374. The summed E-state index contributed by atoms with van der Waals surface area (Å²) in [6, 6.07) is 9.49. The van der Waals surface area contributed by atoms with Crippen molar-refractivity contribution < 1.29 is 36.7 Å². The number of benzene rings is 2. The molecule has 0 unspecified atom stereocenters. The summed E-state index contributed by atoms with van der Waals surface area (Å²) in [6.07, 6.45) is -0.435. The molecule has 43 heavy (non-hydrogen) atoms. The van der Waals surface area contributed by atoms with E-state index in [0.717, 1.165) is 18.4 Å². The normalized spacial score (nSPS) is 16.2. The molecule has 230 valence electrons. The smallest absolute Gasteiger partial charge is 0.383 e. The zero-order valence-electron chi connectivity index (χ0n) is 23.9. The van der Waals surface area contributed by atoms with Gasteiger partial charge in [0.2, 0.25) is 0 Å². The van der Waals surface area contributed by atoms with E-state index in [1.165, 1.54) is 18.2 Å². The number of piperidine rings is 1. The van der Waals surface area contributed by atoms with Crippen LogP contribution in [0.5, 0.6) is 0 Å². The molecule has 12 heteroatoms. The molecule has 0 radical (unpaired) electrons. The third kappa shape index (κ3) is 6.53. The minimum absolute atomic E-state index is 0.0952. The van der Waals surface area contributed by atoms with E-state index in [2.05, 4.69) is 0 Å². The van der Waals surface area contributed by atoms with Crippen molar-refractivity contribution >= 4 is 28.6 Å². The first-order chi connectivity index (χ1) is 20.6. The molecule has 8 nitrogen and oxygen atoms in total. The van der Waals surface area contributed by atoms with Gasteiger partial charge in [0.1, 0.15) is 5.82 Å². The van der Waals surface area contributed by atoms with Gasteiger partial charge in [-0.3, -0.25) is 14.4 Å². The molecule has 2 aromatic carbocycles. The van der Waals surface area contributed by atoms with E-state index in [0.29, 0.717) is 79.8 Å². The molecule has 3 heterocycles. The molecule has 0 spiro atoms. The highest BCUT2D eigenvalue weighted by molar-refractivity contribution is 6.15. The zero-order chi connectivity index (χ0) is 30.7. The Morgan fingerprint density at radius 3 is 2.30 bits per heavy atom. The number of amides is 3. The van der Waals surface area contributed by atoms with E-state index in [-0.39, 0.29) is 24.3 Å². The van der Waals surface area contributed by atoms with E-state index in [9.17, 15) is 31.9 Å². The predicted molar refractivity (Wildman–Crippen MR) is 151 cm³/mol. The maximum atomic E-state index is 14.8. The van der Waals surface area contributed by atoms with Gasteiger partial charge in [0, 0.05) is 69.0 Å². The maximum Gasteiger partial charge on any atom is 0.471 e. The molecule has 2 aliphatic rings. The number of aromatic nitrogens is 1. The van der Waals surface area contributed by atoms with Crippen LogP contribution in [0.2, 0.25) is 0 Å². The van der Waals surface area contributed by atoms with E-state index < -0.39 is 17.9 Å². The Bertz CT molecular complexity index is 1510. The molecule has 1 N–H and O–H groups in total. The number of nitrogens with one attached hydrogen (secondary N) is 1. The summed E-state index contributed by atoms with van der Waals surface area (Å²) in [4.78, 5) is 42.1. The number of carbonyl (C=O) groups excluding carboxylic acids is 3. The van der Waals surface area contributed by atoms with Crippen molar-refractivity contribution in [2.45, 2.75) is 50.9 Å². The number of hydrogen-bond acceptors (Lipinski definition) is 4. The predicted octanol–water partition coefficient (Wildman–Crippen LogP) is 4.86. The second-order valence-electron chi connectivity index (χ2n) is 11.0. The molecular formula is C31H34F4N4O4. The second kappa shape index (κ2) is 12.7. The number of methoxy groups -OCH3 is 1. The van der Waals surface area contributed by atoms with Gasteiger partial charge in [-0.2, -0.15) is 13.2 Å². The Kier molecular flexibility index (Phi) is 9.05. The number of halogens is 4. The Hall–Kier alpha value is -3.93. The van der Waals surface area contributed by atoms with Gasteiger partial charge in [-0.25, -0.2) is 4.39 Å². The van der Waals surface area contributed by atoms with E-state index in [4.69, 9.17) is 4.74 Å². The fourth-order valence-electron chi connectivity index (χ4n) is 6.02. The van der Waals surface area contributed by atoms with Gasteiger partial charge in [-0.05, 0) is 60.9 Å². The van der Waals surface area contributed by atoms with Crippen LogP contribution in [-0.4, -0.2) is 78.2 Å². The zero-order valence-corrected chi connectivity index (χ0v) is 23.9. The van der Waals surface area contributed by atoms with Crippen LogP contribution in [0.15, 0.2) is 42.6 Å². The lowest BCUT2D eigenvalue weighted by Crippen LogP contribution is -2.38. The molecule has 2 fully saturated rings. The number of hydrogen-bond donors (Lipinski definition) is 1. The van der Waals surface area contributed by atoms with Gasteiger partial charge in [-0.15, -0.1) is 0 Å². The van der Waals surface area contributed by atoms with Gasteiger partial charge in [-0.1, -0.05) is 18.2 Å². The number of rotatable bonds is 8. The Balaban J connectivity index is 1.35. The molecule has 5 rings (SSSR count). The Morgan fingerprint density at radius 1 is 0.953 bits per heavy atom. The molecule has 1 aromatic heterocycles. The summed E-state index contributed by atoms with van der Waals surface area (Å²) < 4.78 is 59.6. The van der Waals surface area contributed by atoms with E-state index in [1.807, 2.05) is 26.9 Å². The van der Waals surface area contributed by atoms with Crippen LogP contribution in [0, 0.1) is 5.82 Å². The van der Waals surface area contributed by atoms with Crippen molar-refractivity contribution in [1.29, 1.82) is 0 Å². The lowest BCUT2D eigenvalue weighted by Gasteiger charge is -2.32. The second-order valence-corrected chi connectivity index (χ2v) is 11.0. The molecule has 2 aliphatic heterocycles. The van der Waals surface area contributed by atoms with Gasteiger partial charge in [0.15, 0.2) is 0 Å². The summed E-state index contributed by atoms with van der Waals surface area (Å²) in [5.41, 5.74) is 2.40. The van der Waals surface area contributed by atoms with Crippen molar-refractivity contribution in [3.05, 3.63) is 70.7 Å². The van der Waals surface area contributed by atoms with Crippen molar-refractivity contribution in [3.63, 3.8) is 0 Å². The fraction of sp³-hybridized carbons (Fsp3) is 0.452. The average molecular weight is 603 g/mol. The average Bonchev–Trinajstić information content (AvgIpc) is 3.67. The van der Waals surface area contributed by atoms with E-state index in [1.54, 1.807) is 24.3 Å². The van der Waals surface area contributed by atoms with Crippen LogP contribution >= 0.6 is 0 Å². The third-order valence-electron chi connectivity index (χ3n) is 8.29. The van der Waals surface area contributed by atoms with Gasteiger partial charge in [0.25, 0.3) is 11.8 Å². The molecule has 3 aromatic rings. The van der Waals surface area contributed by atoms with Crippen LogP contribution in [0.3, 0.4) is 0 Å². The number of alkyl halides is 3. The van der Waals surface area contributed by atoms with Crippen molar-refractivity contribution in [2.75, 3.05) is 39.9 Å². The molecule has 0 saturated carbocycles. The summed E-state index contributed by atoms with van der Waals surface area (Å²) in [6.45, 7) is 2.59. The number of fused-ring (bicyclic) bond motifs is 1. The molecule has 2 saturated heterocycles. The molecule has 3 amide bonds. The Labute approximate surface area is 246 Å². The number of carbonyl (C=O) groups is 3. The van der Waals surface area contributed by atoms with Crippen molar-refractivity contribution in [3.8, 4) is 0 Å². The fourth-order valence-corrected chi connectivity index (χ4v) is 6.02. The lowest BCUT2D eigenvalue weighted by atomic mass is 9.88. The minimum atomic E-state index is -5.00. The first-order valence-corrected chi connectivity index (χ1v) is 14.4. The Morgan fingerprint density at radius 2 is 1.63 bits per heavy atom. The number of likely N-dealkylation sites (tertiary alicyclic amines) is 2. The topological polar surface area (TPSA) is 83.9 Å². The lowest BCUT2D eigenvalue weighted by molar-refractivity contribution is -0.173. The van der Waals surface area contributed by atoms with Crippen LogP contribution in [0.4, 0.5) is 17.6 Å². The molecular weight excluding hydrogens is 568 g/mol. The third-order valence-corrected chi connectivity index (χ3v) is 8.29. The summed E-state index contributed by atoms with van der Waals surface area (Å²) >= 11 is 0. The first-order valence-electron chi connectivity index (χ1n) is 14.4. The summed E-state index contributed by atoms with van der Waals surface area (Å²) in [7, 11) is 1.60. The van der Waals surface area contributed by atoms with Crippen molar-refractivity contribution in [2.24, 2.45) is 0 Å². The number of nitrogens with zero attached hydrogens (tertiary/aromatic N) is 3. The summed E-state index contributed by atoms with van der Waals surface area (Å²) in [5, 5.41) is 2.43. The molecule has 0 atom stereocenters. The highest BCUT2D eigenvalue weighted by Gasteiger charge is 2.38. The van der Waals surface area contributed by atoms with Gasteiger partial charge < -0.3 is 24.4 Å². The largest absolute Gasteiger partial charge is 0.471 e. The van der Waals surface area contributed by atoms with Crippen LogP contribution in [0.25, 0.3) is 10.9 Å². The molecule has 0 bridgehead atoms. The monoisotopic (exact) mass is 602 g/mol. The van der Waals surface area contributed by atoms with Crippen LogP contribution in [0.1, 0.15) is 63.4 Å². The summed E-state index contributed by atoms with van der Waals surface area (Å²) in [5.74, 6) is -3.11. The van der Waals surface area contributed by atoms with Gasteiger partial charge in [0.05, 0.1) is 12.2 Å². The molecule has 0 aliphatic carbocycles. The van der Waals surface area contributed by atoms with Crippen molar-refractivity contribution in [1.82, 2.24) is 19.7 Å². The van der Waals surface area contributed by atoms with E-state index >= 15 is 0 Å². The van der Waals surface area contributed by atoms with Crippen LogP contribution < -0.4 is 5.32 Å².